The van der Waals surface area contributed by atoms with Crippen molar-refractivity contribution in [2.24, 2.45) is 5.73 Å². The maximum absolute atomic E-state index is 9.46. The maximum Gasteiger partial charge on any atom is 0.167 e. The van der Waals surface area contributed by atoms with Crippen molar-refractivity contribution in [1.29, 1.82) is 0 Å². The minimum atomic E-state index is -0.0311. The highest BCUT2D eigenvalue weighted by Gasteiger charge is 2.20. The van der Waals surface area contributed by atoms with Crippen LogP contribution in [0, 0.1) is 0 Å². The van der Waals surface area contributed by atoms with Crippen LogP contribution in [0.4, 0.5) is 0 Å². The summed E-state index contributed by atoms with van der Waals surface area (Å²) in [5.41, 5.74) is 6.10. The predicted molar refractivity (Wildman–Crippen MR) is 52.0 cm³/mol. The van der Waals surface area contributed by atoms with Crippen molar-refractivity contribution in [3.8, 4) is 17.2 Å². The molecule has 1 heterocycles. The fourth-order valence-corrected chi connectivity index (χ4v) is 1.62. The number of phenols is 1. The lowest BCUT2D eigenvalue weighted by Gasteiger charge is -2.21. The third-order valence-corrected chi connectivity index (χ3v) is 2.47. The van der Waals surface area contributed by atoms with Gasteiger partial charge in [-0.15, -0.1) is 0 Å². The lowest BCUT2D eigenvalue weighted by atomic mass is 10.1. The van der Waals surface area contributed by atoms with E-state index in [9.17, 15) is 5.11 Å². The molecule has 0 fully saturated rings. The maximum atomic E-state index is 9.46. The van der Waals surface area contributed by atoms with Crippen molar-refractivity contribution in [2.45, 2.75) is 6.54 Å². The van der Waals surface area contributed by atoms with Crippen LogP contribution < -0.4 is 15.2 Å². The highest BCUT2D eigenvalue weighted by Crippen LogP contribution is 2.42. The Morgan fingerprint density at radius 2 is 2.14 bits per heavy atom. The Hall–Kier alpha value is -1.13. The summed E-state index contributed by atoms with van der Waals surface area (Å²) in [6, 6.07) is 1.44. The van der Waals surface area contributed by atoms with Crippen LogP contribution in [-0.2, 0) is 6.54 Å². The van der Waals surface area contributed by atoms with Gasteiger partial charge in [-0.25, -0.2) is 0 Å². The number of aromatic hydroxyl groups is 1. The molecule has 0 aliphatic carbocycles. The average molecular weight is 216 g/mol. The Morgan fingerprint density at radius 1 is 1.43 bits per heavy atom. The topological polar surface area (TPSA) is 64.7 Å². The Labute approximate surface area is 86.2 Å². The average Bonchev–Trinajstić information content (AvgIpc) is 2.20. The summed E-state index contributed by atoms with van der Waals surface area (Å²) in [5.74, 6) is 1.01. The number of nitrogens with two attached hydrogens (primary N) is 1. The summed E-state index contributed by atoms with van der Waals surface area (Å²) >= 11 is 5.86. The molecule has 76 valence electrons. The molecule has 0 saturated carbocycles. The van der Waals surface area contributed by atoms with Crippen molar-refractivity contribution in [3.05, 3.63) is 16.7 Å². The molecule has 0 radical (unpaired) electrons. The molecule has 14 heavy (non-hydrogen) atoms. The van der Waals surface area contributed by atoms with Crippen LogP contribution in [0.2, 0.25) is 5.02 Å². The van der Waals surface area contributed by atoms with Gasteiger partial charge in [-0.05, 0) is 0 Å². The first-order valence-electron chi connectivity index (χ1n) is 4.24. The van der Waals surface area contributed by atoms with Crippen LogP contribution in [0.5, 0.6) is 17.2 Å². The molecule has 3 N–H and O–H groups in total. The van der Waals surface area contributed by atoms with Gasteiger partial charge < -0.3 is 20.3 Å². The molecule has 0 aromatic heterocycles. The molecule has 2 rings (SSSR count). The van der Waals surface area contributed by atoms with E-state index in [1.165, 1.54) is 6.07 Å². The quantitative estimate of drug-likeness (QED) is 0.741. The zero-order valence-corrected chi connectivity index (χ0v) is 8.17. The molecule has 1 aromatic carbocycles. The molecule has 0 saturated heterocycles. The second kappa shape index (κ2) is 3.55. The second-order valence-electron chi connectivity index (χ2n) is 2.92. The van der Waals surface area contributed by atoms with Gasteiger partial charge in [0.1, 0.15) is 19.0 Å². The second-order valence-corrected chi connectivity index (χ2v) is 3.29. The third kappa shape index (κ3) is 1.36. The summed E-state index contributed by atoms with van der Waals surface area (Å²) < 4.78 is 10.7. The molecule has 5 heteroatoms. The summed E-state index contributed by atoms with van der Waals surface area (Å²) in [4.78, 5) is 0. The van der Waals surface area contributed by atoms with Gasteiger partial charge >= 0.3 is 0 Å². The molecule has 0 spiro atoms. The summed E-state index contributed by atoms with van der Waals surface area (Å²) in [5, 5.41) is 9.70. The monoisotopic (exact) mass is 215 g/mol. The molecular formula is C9H10ClNO3. The van der Waals surface area contributed by atoms with Crippen LogP contribution in [0.1, 0.15) is 5.56 Å². The van der Waals surface area contributed by atoms with E-state index in [1.807, 2.05) is 0 Å². The van der Waals surface area contributed by atoms with Gasteiger partial charge in [-0.3, -0.25) is 0 Å². The largest absolute Gasteiger partial charge is 0.506 e. The van der Waals surface area contributed by atoms with Gasteiger partial charge in [0.25, 0.3) is 0 Å². The zero-order chi connectivity index (χ0) is 10.1. The fraction of sp³-hybridized carbons (Fsp3) is 0.333. The molecular weight excluding hydrogens is 206 g/mol. The minimum absolute atomic E-state index is 0.0311. The third-order valence-electron chi connectivity index (χ3n) is 2.05. The predicted octanol–water partition coefficient (Wildman–Crippen LogP) is 1.28. The Morgan fingerprint density at radius 3 is 2.86 bits per heavy atom. The van der Waals surface area contributed by atoms with E-state index < -0.39 is 0 Å². The Kier molecular flexibility index (Phi) is 2.39. The SMILES string of the molecule is NCc1c(Cl)c(O)cc2c1OCCO2. The van der Waals surface area contributed by atoms with Gasteiger partial charge in [-0.1, -0.05) is 11.6 Å². The van der Waals surface area contributed by atoms with Gasteiger partial charge in [0.05, 0.1) is 5.02 Å². The van der Waals surface area contributed by atoms with Crippen LogP contribution in [0.25, 0.3) is 0 Å². The Bertz CT molecular complexity index is 368. The minimum Gasteiger partial charge on any atom is -0.506 e. The lowest BCUT2D eigenvalue weighted by Crippen LogP contribution is -2.17. The number of hydrogen-bond donors (Lipinski definition) is 2. The summed E-state index contributed by atoms with van der Waals surface area (Å²) in [6.07, 6.45) is 0. The van der Waals surface area contributed by atoms with Crippen molar-refractivity contribution < 1.29 is 14.6 Å². The van der Waals surface area contributed by atoms with Gasteiger partial charge in [0.2, 0.25) is 0 Å². The molecule has 0 bridgehead atoms. The van der Waals surface area contributed by atoms with E-state index in [-0.39, 0.29) is 17.3 Å². The highest BCUT2D eigenvalue weighted by molar-refractivity contribution is 6.33. The van der Waals surface area contributed by atoms with Gasteiger partial charge in [-0.2, -0.15) is 0 Å². The van der Waals surface area contributed by atoms with Crippen LogP contribution in [0.3, 0.4) is 0 Å². The first-order chi connectivity index (χ1) is 6.74. The van der Waals surface area contributed by atoms with Crippen LogP contribution in [-0.4, -0.2) is 18.3 Å². The van der Waals surface area contributed by atoms with E-state index in [1.54, 1.807) is 0 Å². The normalized spacial score (nSPS) is 14.1. The first kappa shape index (κ1) is 9.43. The molecule has 1 aliphatic heterocycles. The lowest BCUT2D eigenvalue weighted by molar-refractivity contribution is 0.169. The van der Waals surface area contributed by atoms with Crippen LogP contribution in [0.15, 0.2) is 6.07 Å². The number of rotatable bonds is 1. The van der Waals surface area contributed by atoms with E-state index in [2.05, 4.69) is 0 Å². The highest BCUT2D eigenvalue weighted by atomic mass is 35.5. The summed E-state index contributed by atoms with van der Waals surface area (Å²) in [7, 11) is 0. The number of benzene rings is 1. The number of ether oxygens (including phenoxy) is 2. The smallest absolute Gasteiger partial charge is 0.167 e. The molecule has 0 atom stereocenters. The van der Waals surface area contributed by atoms with Gasteiger partial charge in [0.15, 0.2) is 11.5 Å². The van der Waals surface area contributed by atoms with E-state index in [0.717, 1.165) is 0 Å². The van der Waals surface area contributed by atoms with Crippen molar-refractivity contribution in [1.82, 2.24) is 0 Å². The summed E-state index contributed by atoms with van der Waals surface area (Å²) in [6.45, 7) is 1.15. The molecule has 1 aromatic rings. The Balaban J connectivity index is 2.60. The van der Waals surface area contributed by atoms with Gasteiger partial charge in [0, 0.05) is 18.2 Å². The molecule has 0 unspecified atom stereocenters. The molecule has 1 aliphatic rings. The van der Waals surface area contributed by atoms with Crippen molar-refractivity contribution >= 4 is 11.6 Å². The first-order valence-corrected chi connectivity index (χ1v) is 4.62. The van der Waals surface area contributed by atoms with Crippen molar-refractivity contribution in [2.75, 3.05) is 13.2 Å². The number of halogens is 1. The zero-order valence-electron chi connectivity index (χ0n) is 7.42. The number of hydrogen-bond acceptors (Lipinski definition) is 4. The fourth-order valence-electron chi connectivity index (χ4n) is 1.40. The van der Waals surface area contributed by atoms with E-state index in [4.69, 9.17) is 26.8 Å². The standard InChI is InChI=1S/C9H10ClNO3/c10-8-5(4-11)9-7(3-6(8)12)13-1-2-14-9/h3,12H,1-2,4,11H2. The van der Waals surface area contributed by atoms with Crippen LogP contribution >= 0.6 is 11.6 Å². The van der Waals surface area contributed by atoms with E-state index in [0.29, 0.717) is 30.3 Å². The van der Waals surface area contributed by atoms with Crippen molar-refractivity contribution in [3.63, 3.8) is 0 Å². The molecule has 4 nitrogen and oxygen atoms in total. The molecule has 0 amide bonds. The number of fused-ring (bicyclic) bond motifs is 1. The van der Waals surface area contributed by atoms with E-state index >= 15 is 0 Å². The number of phenolic OH excluding ortho intramolecular Hbond substituents is 1.